The van der Waals surface area contributed by atoms with Crippen molar-refractivity contribution in [1.82, 2.24) is 0 Å². The highest BCUT2D eigenvalue weighted by molar-refractivity contribution is 5.40. The van der Waals surface area contributed by atoms with Crippen LogP contribution in [0.25, 0.3) is 0 Å². The molecule has 1 unspecified atom stereocenters. The van der Waals surface area contributed by atoms with Gasteiger partial charge >= 0.3 is 0 Å². The van der Waals surface area contributed by atoms with Crippen molar-refractivity contribution in [3.05, 3.63) is 96.1 Å². The molecule has 2 heteroatoms. The summed E-state index contributed by atoms with van der Waals surface area (Å²) in [5, 5.41) is 10.1. The average Bonchev–Trinajstić information content (AvgIpc) is 2.55. The van der Waals surface area contributed by atoms with E-state index in [1.165, 1.54) is 0 Å². The van der Waals surface area contributed by atoms with Crippen molar-refractivity contribution >= 4 is 0 Å². The molecule has 21 heavy (non-hydrogen) atoms. The Bertz CT molecular complexity index is 693. The van der Waals surface area contributed by atoms with Crippen molar-refractivity contribution in [2.24, 2.45) is 0 Å². The minimum atomic E-state index is -0.338. The largest absolute Gasteiger partial charge is 0.508 e. The molecule has 0 aliphatic heterocycles. The number of hydrogen-bond donors (Lipinski definition) is 1. The van der Waals surface area contributed by atoms with Gasteiger partial charge in [0.1, 0.15) is 11.5 Å². The Morgan fingerprint density at radius 2 is 1.24 bits per heavy atom. The Balaban J connectivity index is 2.02. The van der Waals surface area contributed by atoms with Crippen molar-refractivity contribution in [2.45, 2.75) is 6.10 Å². The number of para-hydroxylation sites is 2. The predicted octanol–water partition coefficient (Wildman–Crippen LogP) is 4.56. The van der Waals surface area contributed by atoms with E-state index in [1.54, 1.807) is 6.07 Å². The van der Waals surface area contributed by atoms with Crippen molar-refractivity contribution < 1.29 is 9.84 Å². The molecule has 104 valence electrons. The van der Waals surface area contributed by atoms with Crippen LogP contribution in [-0.2, 0) is 0 Å². The zero-order valence-electron chi connectivity index (χ0n) is 11.5. The molecule has 0 aliphatic carbocycles. The molecular formula is C19H16O2. The van der Waals surface area contributed by atoms with Crippen LogP contribution in [0.5, 0.6) is 11.5 Å². The maximum absolute atomic E-state index is 10.1. The van der Waals surface area contributed by atoms with Gasteiger partial charge in [0.05, 0.1) is 0 Å². The van der Waals surface area contributed by atoms with Gasteiger partial charge in [-0.3, -0.25) is 0 Å². The summed E-state index contributed by atoms with van der Waals surface area (Å²) in [5.74, 6) is 1.01. The second kappa shape index (κ2) is 6.14. The second-order valence-corrected chi connectivity index (χ2v) is 4.78. The quantitative estimate of drug-likeness (QED) is 0.757. The van der Waals surface area contributed by atoms with E-state index < -0.39 is 0 Å². The number of ether oxygens (including phenoxy) is 1. The van der Waals surface area contributed by atoms with E-state index in [4.69, 9.17) is 4.74 Å². The molecule has 0 aromatic heterocycles. The summed E-state index contributed by atoms with van der Waals surface area (Å²) >= 11 is 0. The molecule has 2 nitrogen and oxygen atoms in total. The SMILES string of the molecule is Oc1ccccc1C(Oc1ccccc1)c1ccccc1. The molecule has 1 N–H and O–H groups in total. The van der Waals surface area contributed by atoms with E-state index in [0.717, 1.165) is 16.9 Å². The van der Waals surface area contributed by atoms with Crippen LogP contribution in [0.2, 0.25) is 0 Å². The van der Waals surface area contributed by atoms with Crippen molar-refractivity contribution in [1.29, 1.82) is 0 Å². The number of hydrogen-bond acceptors (Lipinski definition) is 2. The average molecular weight is 276 g/mol. The monoisotopic (exact) mass is 276 g/mol. The number of phenolic OH excluding ortho intramolecular Hbond substituents is 1. The lowest BCUT2D eigenvalue weighted by Gasteiger charge is -2.21. The summed E-state index contributed by atoms with van der Waals surface area (Å²) < 4.78 is 6.11. The minimum absolute atomic E-state index is 0.238. The fourth-order valence-electron chi connectivity index (χ4n) is 2.28. The van der Waals surface area contributed by atoms with Gasteiger partial charge in [0.2, 0.25) is 0 Å². The first-order valence-electron chi connectivity index (χ1n) is 6.89. The Labute approximate surface area is 124 Å². The number of phenols is 1. The van der Waals surface area contributed by atoms with Gasteiger partial charge in [0.25, 0.3) is 0 Å². The number of rotatable bonds is 4. The highest BCUT2D eigenvalue weighted by Gasteiger charge is 2.19. The summed E-state index contributed by atoms with van der Waals surface area (Å²) in [6, 6.07) is 26.8. The molecule has 3 aromatic carbocycles. The van der Waals surface area contributed by atoms with Crippen LogP contribution < -0.4 is 4.74 Å². The van der Waals surface area contributed by atoms with Crippen molar-refractivity contribution in [2.75, 3.05) is 0 Å². The van der Waals surface area contributed by atoms with Gasteiger partial charge in [-0.25, -0.2) is 0 Å². The highest BCUT2D eigenvalue weighted by atomic mass is 16.5. The van der Waals surface area contributed by atoms with Gasteiger partial charge in [-0.05, 0) is 23.8 Å². The summed E-state index contributed by atoms with van der Waals surface area (Å²) in [6.45, 7) is 0. The Morgan fingerprint density at radius 3 is 1.90 bits per heavy atom. The third kappa shape index (κ3) is 3.06. The standard InChI is InChI=1S/C19H16O2/c20-18-14-8-7-13-17(18)19(15-9-3-1-4-10-15)21-16-11-5-2-6-12-16/h1-14,19-20H. The highest BCUT2D eigenvalue weighted by Crippen LogP contribution is 2.33. The molecule has 0 fully saturated rings. The summed E-state index contributed by atoms with van der Waals surface area (Å²) in [6.07, 6.45) is -0.338. The Morgan fingerprint density at radius 1 is 0.667 bits per heavy atom. The third-order valence-corrected chi connectivity index (χ3v) is 3.32. The topological polar surface area (TPSA) is 29.5 Å². The fourth-order valence-corrected chi connectivity index (χ4v) is 2.28. The number of benzene rings is 3. The van der Waals surface area contributed by atoms with Crippen LogP contribution >= 0.6 is 0 Å². The first-order chi connectivity index (χ1) is 10.3. The van der Waals surface area contributed by atoms with Gasteiger partial charge in [-0.2, -0.15) is 0 Å². The maximum Gasteiger partial charge on any atom is 0.152 e. The fraction of sp³-hybridized carbons (Fsp3) is 0.0526. The van der Waals surface area contributed by atoms with Crippen molar-refractivity contribution in [3.8, 4) is 11.5 Å². The molecule has 0 aliphatic rings. The lowest BCUT2D eigenvalue weighted by molar-refractivity contribution is 0.242. The lowest BCUT2D eigenvalue weighted by Crippen LogP contribution is -2.09. The van der Waals surface area contributed by atoms with Crippen LogP contribution in [0, 0.1) is 0 Å². The van der Waals surface area contributed by atoms with Crippen LogP contribution in [0.1, 0.15) is 17.2 Å². The second-order valence-electron chi connectivity index (χ2n) is 4.78. The predicted molar refractivity (Wildman–Crippen MR) is 83.5 cm³/mol. The lowest BCUT2D eigenvalue weighted by atomic mass is 10.0. The Hall–Kier alpha value is -2.74. The molecule has 0 spiro atoms. The first-order valence-corrected chi connectivity index (χ1v) is 6.89. The smallest absolute Gasteiger partial charge is 0.152 e. The van der Waals surface area contributed by atoms with Crippen molar-refractivity contribution in [3.63, 3.8) is 0 Å². The van der Waals surface area contributed by atoms with Gasteiger partial charge in [0.15, 0.2) is 6.10 Å². The van der Waals surface area contributed by atoms with Crippen LogP contribution in [0.15, 0.2) is 84.9 Å². The van der Waals surface area contributed by atoms with Gasteiger partial charge in [-0.15, -0.1) is 0 Å². The third-order valence-electron chi connectivity index (χ3n) is 3.32. The molecule has 3 rings (SSSR count). The maximum atomic E-state index is 10.1. The zero-order valence-corrected chi connectivity index (χ0v) is 11.5. The number of aromatic hydroxyl groups is 1. The van der Waals surface area contributed by atoms with Crippen LogP contribution in [0.3, 0.4) is 0 Å². The molecule has 1 atom stereocenters. The van der Waals surface area contributed by atoms with E-state index in [2.05, 4.69) is 0 Å². The van der Waals surface area contributed by atoms with Gasteiger partial charge in [-0.1, -0.05) is 66.7 Å². The Kier molecular flexibility index (Phi) is 3.88. The molecule has 0 radical (unpaired) electrons. The summed E-state index contributed by atoms with van der Waals surface area (Å²) in [4.78, 5) is 0. The zero-order chi connectivity index (χ0) is 14.5. The summed E-state index contributed by atoms with van der Waals surface area (Å²) in [7, 11) is 0. The van der Waals surface area contributed by atoms with E-state index in [0.29, 0.717) is 0 Å². The first kappa shape index (κ1) is 13.3. The molecule has 0 heterocycles. The minimum Gasteiger partial charge on any atom is -0.508 e. The van der Waals surface area contributed by atoms with E-state index >= 15 is 0 Å². The molecular weight excluding hydrogens is 260 g/mol. The van der Waals surface area contributed by atoms with E-state index in [1.807, 2.05) is 78.9 Å². The van der Waals surface area contributed by atoms with Crippen LogP contribution in [0.4, 0.5) is 0 Å². The van der Waals surface area contributed by atoms with E-state index in [9.17, 15) is 5.11 Å². The summed E-state index contributed by atoms with van der Waals surface area (Å²) in [5.41, 5.74) is 1.76. The molecule has 0 bridgehead atoms. The normalized spacial score (nSPS) is 11.8. The molecule has 3 aromatic rings. The van der Waals surface area contributed by atoms with Gasteiger partial charge in [0, 0.05) is 5.56 Å². The molecule has 0 saturated heterocycles. The molecule has 0 amide bonds. The van der Waals surface area contributed by atoms with E-state index in [-0.39, 0.29) is 11.9 Å². The molecule has 0 saturated carbocycles. The van der Waals surface area contributed by atoms with Crippen LogP contribution in [-0.4, -0.2) is 5.11 Å². The van der Waals surface area contributed by atoms with Gasteiger partial charge < -0.3 is 9.84 Å².